The number of nitrogens with zero attached hydrogens (tertiary/aromatic N) is 3. The first-order chi connectivity index (χ1) is 9.91. The lowest BCUT2D eigenvalue weighted by Gasteiger charge is -2.32. The Morgan fingerprint density at radius 2 is 2.14 bits per heavy atom. The average Bonchev–Trinajstić information content (AvgIpc) is 2.81. The van der Waals surface area contributed by atoms with Gasteiger partial charge in [0.05, 0.1) is 0 Å². The van der Waals surface area contributed by atoms with Crippen LogP contribution in [0.4, 0.5) is 0 Å². The van der Waals surface area contributed by atoms with Crippen molar-refractivity contribution in [2.45, 2.75) is 51.2 Å². The molecule has 118 valence electrons. The normalized spacial score (nSPS) is 20.5. The minimum atomic E-state index is -3.74. The van der Waals surface area contributed by atoms with Gasteiger partial charge < -0.3 is 9.88 Å². The highest BCUT2D eigenvalue weighted by atomic mass is 32.2. The number of hydrogen-bond donors (Lipinski definition) is 1. The van der Waals surface area contributed by atoms with Crippen LogP contribution < -0.4 is 5.32 Å². The van der Waals surface area contributed by atoms with Crippen LogP contribution in [0.5, 0.6) is 0 Å². The van der Waals surface area contributed by atoms with Gasteiger partial charge in [0.15, 0.2) is 5.03 Å². The summed E-state index contributed by atoms with van der Waals surface area (Å²) < 4.78 is 28.6. The Balaban J connectivity index is 2.36. The molecule has 1 amide bonds. The largest absolute Gasteiger partial charge is 0.353 e. The van der Waals surface area contributed by atoms with Gasteiger partial charge >= 0.3 is 0 Å². The van der Waals surface area contributed by atoms with E-state index < -0.39 is 16.1 Å². The van der Waals surface area contributed by atoms with Gasteiger partial charge in [-0.3, -0.25) is 4.79 Å². The van der Waals surface area contributed by atoms with Crippen LogP contribution in [-0.2, 0) is 21.4 Å². The van der Waals surface area contributed by atoms with Crippen molar-refractivity contribution in [1.29, 1.82) is 0 Å². The van der Waals surface area contributed by atoms with Crippen molar-refractivity contribution >= 4 is 15.9 Å². The number of amides is 1. The van der Waals surface area contributed by atoms with Crippen LogP contribution in [0.15, 0.2) is 11.2 Å². The Labute approximate surface area is 125 Å². The first kappa shape index (κ1) is 16.0. The minimum Gasteiger partial charge on any atom is -0.353 e. The Morgan fingerprint density at radius 1 is 1.43 bits per heavy atom. The van der Waals surface area contributed by atoms with Gasteiger partial charge in [0, 0.05) is 25.8 Å². The van der Waals surface area contributed by atoms with E-state index in [0.717, 1.165) is 13.0 Å². The molecule has 1 aromatic rings. The monoisotopic (exact) mass is 314 g/mol. The van der Waals surface area contributed by atoms with E-state index in [1.165, 1.54) is 4.31 Å². The molecule has 0 radical (unpaired) electrons. The predicted molar refractivity (Wildman–Crippen MR) is 78.2 cm³/mol. The zero-order valence-corrected chi connectivity index (χ0v) is 13.5. The van der Waals surface area contributed by atoms with Gasteiger partial charge in [-0.15, -0.1) is 0 Å². The number of aryl methyl sites for hydroxylation is 2. The van der Waals surface area contributed by atoms with Crippen LogP contribution in [0.25, 0.3) is 0 Å². The van der Waals surface area contributed by atoms with Gasteiger partial charge in [0.1, 0.15) is 11.9 Å². The summed E-state index contributed by atoms with van der Waals surface area (Å²) in [5, 5.41) is 2.73. The van der Waals surface area contributed by atoms with Crippen molar-refractivity contribution in [1.82, 2.24) is 19.2 Å². The maximum absolute atomic E-state index is 12.7. The highest BCUT2D eigenvalue weighted by molar-refractivity contribution is 7.89. The summed E-state index contributed by atoms with van der Waals surface area (Å²) >= 11 is 0. The molecule has 0 aliphatic carbocycles. The molecule has 7 nitrogen and oxygen atoms in total. The summed E-state index contributed by atoms with van der Waals surface area (Å²) in [5.74, 6) is 0.432. The number of hydrogen-bond acceptors (Lipinski definition) is 4. The van der Waals surface area contributed by atoms with E-state index in [4.69, 9.17) is 0 Å². The molecule has 2 heterocycles. The van der Waals surface area contributed by atoms with Gasteiger partial charge in [-0.1, -0.05) is 13.8 Å². The van der Waals surface area contributed by atoms with Crippen molar-refractivity contribution in [2.75, 3.05) is 13.1 Å². The summed E-state index contributed by atoms with van der Waals surface area (Å²) in [5.41, 5.74) is 0. The molecule has 8 heteroatoms. The van der Waals surface area contributed by atoms with Crippen LogP contribution in [0.3, 0.4) is 0 Å². The van der Waals surface area contributed by atoms with Crippen molar-refractivity contribution in [3.63, 3.8) is 0 Å². The zero-order valence-electron chi connectivity index (χ0n) is 12.7. The second-order valence-electron chi connectivity index (χ2n) is 5.15. The average molecular weight is 314 g/mol. The highest BCUT2D eigenvalue weighted by Gasteiger charge is 2.38. The lowest BCUT2D eigenvalue weighted by molar-refractivity contribution is -0.126. The topological polar surface area (TPSA) is 84.3 Å². The standard InChI is InChI=1S/C13H22N4O3S/c1-4-7-16-9-12(15-10(16)3)21(19,20)17-8-6-14-13(18)11(17)5-2/h9,11H,4-8H2,1-3H3,(H,14,18). The molecule has 21 heavy (non-hydrogen) atoms. The van der Waals surface area contributed by atoms with Gasteiger partial charge in [-0.25, -0.2) is 13.4 Å². The Morgan fingerprint density at radius 3 is 2.76 bits per heavy atom. The summed E-state index contributed by atoms with van der Waals surface area (Å²) in [6.45, 7) is 6.96. The van der Waals surface area contributed by atoms with Gasteiger partial charge in [-0.05, 0) is 19.8 Å². The quantitative estimate of drug-likeness (QED) is 0.858. The molecular weight excluding hydrogens is 292 g/mol. The van der Waals surface area contributed by atoms with E-state index in [0.29, 0.717) is 18.8 Å². The summed E-state index contributed by atoms with van der Waals surface area (Å²) in [4.78, 5) is 16.0. The molecule has 1 aliphatic heterocycles. The van der Waals surface area contributed by atoms with Gasteiger partial charge in [-0.2, -0.15) is 4.31 Å². The Bertz CT molecular complexity index is 623. The molecular formula is C13H22N4O3S. The SMILES string of the molecule is CCCn1cc(S(=O)(=O)N2CCNC(=O)C2CC)nc1C. The predicted octanol–water partition coefficient (Wildman–Crippen LogP) is 0.501. The lowest BCUT2D eigenvalue weighted by Crippen LogP contribution is -2.56. The Hall–Kier alpha value is -1.41. The number of carbonyl (C=O) groups is 1. The molecule has 1 aromatic heterocycles. The summed E-state index contributed by atoms with van der Waals surface area (Å²) in [7, 11) is -3.74. The third-order valence-electron chi connectivity index (χ3n) is 3.66. The van der Waals surface area contributed by atoms with E-state index in [2.05, 4.69) is 10.3 Å². The smallest absolute Gasteiger partial charge is 0.262 e. The summed E-state index contributed by atoms with van der Waals surface area (Å²) in [6, 6.07) is -0.652. The van der Waals surface area contributed by atoms with Crippen LogP contribution in [0, 0.1) is 6.92 Å². The number of aromatic nitrogens is 2. The van der Waals surface area contributed by atoms with Crippen molar-refractivity contribution in [2.24, 2.45) is 0 Å². The minimum absolute atomic E-state index is 0.0293. The molecule has 0 spiro atoms. The maximum atomic E-state index is 12.7. The third kappa shape index (κ3) is 2.96. The number of sulfonamides is 1. The van der Waals surface area contributed by atoms with Crippen LogP contribution >= 0.6 is 0 Å². The van der Waals surface area contributed by atoms with E-state index >= 15 is 0 Å². The fraction of sp³-hybridized carbons (Fsp3) is 0.692. The number of carbonyl (C=O) groups excluding carboxylic acids is 1. The van der Waals surface area contributed by atoms with E-state index in [1.807, 2.05) is 11.5 Å². The molecule has 1 N–H and O–H groups in total. The van der Waals surface area contributed by atoms with Gasteiger partial charge in [0.25, 0.3) is 10.0 Å². The number of piperazine rings is 1. The second kappa shape index (κ2) is 6.15. The molecule has 0 bridgehead atoms. The molecule has 1 atom stereocenters. The maximum Gasteiger partial charge on any atom is 0.262 e. The number of nitrogens with one attached hydrogen (secondary N) is 1. The number of rotatable bonds is 5. The summed E-state index contributed by atoms with van der Waals surface area (Å²) in [6.07, 6.45) is 2.91. The lowest BCUT2D eigenvalue weighted by atomic mass is 10.2. The molecule has 1 unspecified atom stereocenters. The fourth-order valence-electron chi connectivity index (χ4n) is 2.56. The van der Waals surface area contributed by atoms with E-state index in [1.54, 1.807) is 20.0 Å². The molecule has 1 fully saturated rings. The highest BCUT2D eigenvalue weighted by Crippen LogP contribution is 2.21. The molecule has 1 saturated heterocycles. The number of imidazole rings is 1. The first-order valence-corrected chi connectivity index (χ1v) is 8.69. The van der Waals surface area contributed by atoms with Crippen molar-refractivity contribution in [3.05, 3.63) is 12.0 Å². The van der Waals surface area contributed by atoms with E-state index in [9.17, 15) is 13.2 Å². The fourth-order valence-corrected chi connectivity index (χ4v) is 4.22. The zero-order chi connectivity index (χ0) is 15.6. The van der Waals surface area contributed by atoms with Gasteiger partial charge in [0.2, 0.25) is 5.91 Å². The van der Waals surface area contributed by atoms with E-state index in [-0.39, 0.29) is 17.5 Å². The van der Waals surface area contributed by atoms with Crippen molar-refractivity contribution < 1.29 is 13.2 Å². The second-order valence-corrected chi connectivity index (χ2v) is 6.99. The first-order valence-electron chi connectivity index (χ1n) is 7.25. The Kier molecular flexibility index (Phi) is 4.67. The molecule has 1 aliphatic rings. The molecule has 2 rings (SSSR count). The van der Waals surface area contributed by atoms with Crippen LogP contribution in [-0.4, -0.2) is 47.3 Å². The molecule has 0 saturated carbocycles. The molecule has 0 aromatic carbocycles. The van der Waals surface area contributed by atoms with Crippen molar-refractivity contribution in [3.8, 4) is 0 Å². The third-order valence-corrected chi connectivity index (χ3v) is 5.44. The van der Waals surface area contributed by atoms with Crippen LogP contribution in [0.1, 0.15) is 32.5 Å². The van der Waals surface area contributed by atoms with Crippen LogP contribution in [0.2, 0.25) is 0 Å².